The molecule has 1 saturated carbocycles. The summed E-state index contributed by atoms with van der Waals surface area (Å²) in [7, 11) is 1.64. The van der Waals surface area contributed by atoms with Crippen molar-refractivity contribution >= 4 is 22.7 Å². The van der Waals surface area contributed by atoms with Crippen LogP contribution in [-0.2, 0) is 17.9 Å². The summed E-state index contributed by atoms with van der Waals surface area (Å²) in [4.78, 5) is 29.9. The van der Waals surface area contributed by atoms with Crippen molar-refractivity contribution in [2.75, 3.05) is 7.11 Å². The topological polar surface area (TPSA) is 63.6 Å². The van der Waals surface area contributed by atoms with E-state index in [0.29, 0.717) is 18.8 Å². The molecular formula is C30H37N3O3. The number of benzene rings is 2. The monoisotopic (exact) mass is 487 g/mol. The molecule has 0 saturated heterocycles. The smallest absolute Gasteiger partial charge is 0.271 e. The Kier molecular flexibility index (Phi) is 6.78. The summed E-state index contributed by atoms with van der Waals surface area (Å²) >= 11 is 0. The molecule has 1 aliphatic carbocycles. The zero-order valence-electron chi connectivity index (χ0n) is 21.7. The van der Waals surface area contributed by atoms with Crippen molar-refractivity contribution in [3.63, 3.8) is 0 Å². The van der Waals surface area contributed by atoms with Crippen LogP contribution in [0.1, 0.15) is 73.5 Å². The SMILES string of the molecule is COc1ccc2cc3n(c2c1)CC(C)(C(=O)NC1CCCCCCC1)N(Cc1ccccc1C)C3=O. The molecule has 0 bridgehead atoms. The number of carbonyl (C=O) groups is 2. The normalized spacial score (nSPS) is 21.1. The zero-order valence-corrected chi connectivity index (χ0v) is 21.7. The Hall–Kier alpha value is -3.28. The lowest BCUT2D eigenvalue weighted by molar-refractivity contribution is -0.134. The number of nitrogens with one attached hydrogen (secondary N) is 1. The Balaban J connectivity index is 1.55. The molecule has 1 fully saturated rings. The first-order valence-electron chi connectivity index (χ1n) is 13.3. The summed E-state index contributed by atoms with van der Waals surface area (Å²) in [6.07, 6.45) is 8.01. The van der Waals surface area contributed by atoms with Crippen molar-refractivity contribution in [2.45, 2.75) is 83.5 Å². The second-order valence-corrected chi connectivity index (χ2v) is 10.6. The van der Waals surface area contributed by atoms with Crippen molar-refractivity contribution in [1.29, 1.82) is 0 Å². The summed E-state index contributed by atoms with van der Waals surface area (Å²) in [5, 5.41) is 4.34. The molecule has 36 heavy (non-hydrogen) atoms. The molecule has 5 rings (SSSR count). The highest BCUT2D eigenvalue weighted by Gasteiger charge is 2.48. The van der Waals surface area contributed by atoms with E-state index in [4.69, 9.17) is 4.74 Å². The fourth-order valence-corrected chi connectivity index (χ4v) is 5.80. The fraction of sp³-hybridized carbons (Fsp3) is 0.467. The van der Waals surface area contributed by atoms with Gasteiger partial charge >= 0.3 is 0 Å². The fourth-order valence-electron chi connectivity index (χ4n) is 5.80. The molecule has 6 heteroatoms. The number of ether oxygens (including phenoxy) is 1. The van der Waals surface area contributed by atoms with E-state index in [1.807, 2.05) is 54.0 Å². The Morgan fingerprint density at radius 1 is 1.06 bits per heavy atom. The minimum atomic E-state index is -1.02. The van der Waals surface area contributed by atoms with Crippen LogP contribution in [0.3, 0.4) is 0 Å². The number of aryl methyl sites for hydroxylation is 1. The number of carbonyl (C=O) groups excluding carboxylic acids is 2. The molecule has 1 aliphatic heterocycles. The van der Waals surface area contributed by atoms with E-state index < -0.39 is 5.54 Å². The van der Waals surface area contributed by atoms with Crippen LogP contribution in [0.2, 0.25) is 0 Å². The molecule has 0 radical (unpaired) electrons. The van der Waals surface area contributed by atoms with Gasteiger partial charge in [0.05, 0.1) is 19.2 Å². The Labute approximate surface area is 213 Å². The van der Waals surface area contributed by atoms with E-state index in [1.54, 1.807) is 12.0 Å². The molecule has 2 aliphatic rings. The highest BCUT2D eigenvalue weighted by Crippen LogP contribution is 2.35. The van der Waals surface area contributed by atoms with Crippen LogP contribution < -0.4 is 10.1 Å². The van der Waals surface area contributed by atoms with E-state index in [2.05, 4.69) is 18.3 Å². The molecular weight excluding hydrogens is 450 g/mol. The molecule has 0 spiro atoms. The van der Waals surface area contributed by atoms with Crippen LogP contribution in [0.5, 0.6) is 5.75 Å². The second kappa shape index (κ2) is 10.00. The Morgan fingerprint density at radius 3 is 2.50 bits per heavy atom. The summed E-state index contributed by atoms with van der Waals surface area (Å²) in [6, 6.07) is 16.0. The number of fused-ring (bicyclic) bond motifs is 3. The van der Waals surface area contributed by atoms with E-state index in [9.17, 15) is 9.59 Å². The quantitative estimate of drug-likeness (QED) is 0.509. The summed E-state index contributed by atoms with van der Waals surface area (Å²) in [5.74, 6) is 0.555. The Morgan fingerprint density at radius 2 is 1.78 bits per heavy atom. The second-order valence-electron chi connectivity index (χ2n) is 10.6. The third kappa shape index (κ3) is 4.49. The molecule has 6 nitrogen and oxygen atoms in total. The summed E-state index contributed by atoms with van der Waals surface area (Å²) in [6.45, 7) is 4.77. The molecule has 2 amide bonds. The van der Waals surface area contributed by atoms with Gasteiger partial charge in [-0.15, -0.1) is 0 Å². The molecule has 2 aromatic carbocycles. The first-order chi connectivity index (χ1) is 17.4. The van der Waals surface area contributed by atoms with Gasteiger partial charge in [0.2, 0.25) is 5.91 Å². The molecule has 2 heterocycles. The highest BCUT2D eigenvalue weighted by atomic mass is 16.5. The summed E-state index contributed by atoms with van der Waals surface area (Å²) < 4.78 is 7.46. The zero-order chi connectivity index (χ0) is 25.3. The molecule has 1 aromatic heterocycles. The number of hydrogen-bond donors (Lipinski definition) is 1. The van der Waals surface area contributed by atoms with Gasteiger partial charge in [-0.05, 0) is 56.0 Å². The van der Waals surface area contributed by atoms with Crippen LogP contribution in [0, 0.1) is 6.92 Å². The lowest BCUT2D eigenvalue weighted by Gasteiger charge is -2.45. The third-order valence-electron chi connectivity index (χ3n) is 8.16. The average Bonchev–Trinajstić information content (AvgIpc) is 3.21. The molecule has 1 atom stereocenters. The molecule has 1 unspecified atom stereocenters. The number of hydrogen-bond acceptors (Lipinski definition) is 3. The molecule has 3 aromatic rings. The molecule has 190 valence electrons. The van der Waals surface area contributed by atoms with Gasteiger partial charge in [0.15, 0.2) is 0 Å². The van der Waals surface area contributed by atoms with E-state index >= 15 is 0 Å². The lowest BCUT2D eigenvalue weighted by atomic mass is 9.91. The van der Waals surface area contributed by atoms with Crippen LogP contribution in [-0.4, -0.2) is 40.0 Å². The van der Waals surface area contributed by atoms with Crippen molar-refractivity contribution < 1.29 is 14.3 Å². The lowest BCUT2D eigenvalue weighted by Crippen LogP contribution is -2.64. The number of aromatic nitrogens is 1. The van der Waals surface area contributed by atoms with Crippen LogP contribution in [0.25, 0.3) is 10.9 Å². The van der Waals surface area contributed by atoms with Crippen molar-refractivity contribution in [3.8, 4) is 5.75 Å². The van der Waals surface area contributed by atoms with Gasteiger partial charge in [-0.3, -0.25) is 9.59 Å². The van der Waals surface area contributed by atoms with Crippen LogP contribution >= 0.6 is 0 Å². The van der Waals surface area contributed by atoms with Crippen molar-refractivity contribution in [3.05, 3.63) is 65.4 Å². The predicted molar refractivity (Wildman–Crippen MR) is 142 cm³/mol. The first-order valence-corrected chi connectivity index (χ1v) is 13.3. The number of amides is 2. The highest BCUT2D eigenvalue weighted by molar-refractivity contribution is 6.03. The van der Waals surface area contributed by atoms with Gasteiger partial charge < -0.3 is 19.5 Å². The first kappa shape index (κ1) is 24.4. The van der Waals surface area contributed by atoms with Crippen molar-refractivity contribution in [2.24, 2.45) is 0 Å². The van der Waals surface area contributed by atoms with Gasteiger partial charge in [0.25, 0.3) is 5.91 Å². The minimum absolute atomic E-state index is 0.0644. The maximum atomic E-state index is 14.1. The minimum Gasteiger partial charge on any atom is -0.497 e. The summed E-state index contributed by atoms with van der Waals surface area (Å²) in [5.41, 5.74) is 2.68. The predicted octanol–water partition coefficient (Wildman–Crippen LogP) is 5.60. The van der Waals surface area contributed by atoms with E-state index in [1.165, 1.54) is 19.3 Å². The van der Waals surface area contributed by atoms with Crippen LogP contribution in [0.15, 0.2) is 48.5 Å². The van der Waals surface area contributed by atoms with Gasteiger partial charge in [-0.25, -0.2) is 0 Å². The van der Waals surface area contributed by atoms with Gasteiger partial charge in [0.1, 0.15) is 17.0 Å². The van der Waals surface area contributed by atoms with E-state index in [-0.39, 0.29) is 17.9 Å². The van der Waals surface area contributed by atoms with Gasteiger partial charge in [0, 0.05) is 24.0 Å². The molecule has 1 N–H and O–H groups in total. The van der Waals surface area contributed by atoms with Crippen LogP contribution in [0.4, 0.5) is 0 Å². The maximum absolute atomic E-state index is 14.1. The average molecular weight is 488 g/mol. The standard InChI is InChI=1S/C30H37N3O3/c1-21-11-9-10-12-23(21)19-33-28(34)27-17-22-15-16-25(36-3)18-26(22)32(27)20-30(33,2)29(35)31-24-13-7-5-4-6-8-14-24/h9-12,15-18,24H,4-8,13-14,19-20H2,1-3H3,(H,31,35). The number of nitrogens with zero attached hydrogens (tertiary/aromatic N) is 2. The third-order valence-corrected chi connectivity index (χ3v) is 8.16. The van der Waals surface area contributed by atoms with Crippen molar-refractivity contribution in [1.82, 2.24) is 14.8 Å². The van der Waals surface area contributed by atoms with Gasteiger partial charge in [-0.1, -0.05) is 56.4 Å². The number of rotatable bonds is 5. The largest absolute Gasteiger partial charge is 0.497 e. The van der Waals surface area contributed by atoms with E-state index in [0.717, 1.165) is 53.5 Å². The Bertz CT molecular complexity index is 1270. The van der Waals surface area contributed by atoms with Gasteiger partial charge in [-0.2, -0.15) is 0 Å². The number of methoxy groups -OCH3 is 1. The maximum Gasteiger partial charge on any atom is 0.271 e.